The van der Waals surface area contributed by atoms with Crippen molar-refractivity contribution in [1.82, 2.24) is 10.2 Å². The van der Waals surface area contributed by atoms with E-state index in [0.29, 0.717) is 12.1 Å². The highest BCUT2D eigenvalue weighted by molar-refractivity contribution is 5.72. The Bertz CT molecular complexity index is 326. The Morgan fingerprint density at radius 3 is 2.58 bits per heavy atom. The third-order valence-corrected chi connectivity index (χ3v) is 4.85. The molecule has 3 aliphatic rings. The minimum atomic E-state index is -0.0269. The van der Waals surface area contributed by atoms with Crippen LogP contribution in [-0.2, 0) is 9.53 Å². The molecule has 2 unspecified atom stereocenters. The molecule has 19 heavy (non-hydrogen) atoms. The SMILES string of the molecule is COC(=O)C1CC(NC2CC2)CN(CC2CCC2)C1. The van der Waals surface area contributed by atoms with Crippen molar-refractivity contribution in [3.05, 3.63) is 0 Å². The second-order valence-corrected chi connectivity index (χ2v) is 6.61. The van der Waals surface area contributed by atoms with Crippen LogP contribution in [0.5, 0.6) is 0 Å². The lowest BCUT2D eigenvalue weighted by molar-refractivity contribution is -0.148. The van der Waals surface area contributed by atoms with Gasteiger partial charge in [0.1, 0.15) is 0 Å². The topological polar surface area (TPSA) is 41.6 Å². The molecule has 1 heterocycles. The molecule has 2 saturated carbocycles. The molecule has 0 bridgehead atoms. The normalized spacial score (nSPS) is 32.9. The van der Waals surface area contributed by atoms with Crippen molar-refractivity contribution < 1.29 is 9.53 Å². The van der Waals surface area contributed by atoms with Crippen LogP contribution in [0.1, 0.15) is 38.5 Å². The van der Waals surface area contributed by atoms with Crippen LogP contribution in [-0.4, -0.2) is 49.7 Å². The molecule has 0 aromatic rings. The lowest BCUT2D eigenvalue weighted by Gasteiger charge is -2.40. The number of esters is 1. The largest absolute Gasteiger partial charge is 0.469 e. The maximum atomic E-state index is 11.9. The molecule has 3 rings (SSSR count). The summed E-state index contributed by atoms with van der Waals surface area (Å²) in [6.07, 6.45) is 7.71. The van der Waals surface area contributed by atoms with E-state index in [1.807, 2.05) is 0 Å². The summed E-state index contributed by atoms with van der Waals surface area (Å²) in [5.74, 6) is 0.911. The number of nitrogens with one attached hydrogen (secondary N) is 1. The average Bonchev–Trinajstić information content (AvgIpc) is 3.16. The van der Waals surface area contributed by atoms with Crippen LogP contribution in [0.15, 0.2) is 0 Å². The first-order chi connectivity index (χ1) is 9.24. The van der Waals surface area contributed by atoms with E-state index in [1.165, 1.54) is 45.8 Å². The Hall–Kier alpha value is -0.610. The number of hydrogen-bond acceptors (Lipinski definition) is 4. The van der Waals surface area contributed by atoms with Crippen LogP contribution < -0.4 is 5.32 Å². The molecule has 1 saturated heterocycles. The van der Waals surface area contributed by atoms with Crippen molar-refractivity contribution in [2.75, 3.05) is 26.7 Å². The van der Waals surface area contributed by atoms with E-state index in [-0.39, 0.29) is 11.9 Å². The van der Waals surface area contributed by atoms with E-state index in [1.54, 1.807) is 0 Å². The van der Waals surface area contributed by atoms with Gasteiger partial charge in [-0.2, -0.15) is 0 Å². The zero-order valence-corrected chi connectivity index (χ0v) is 11.9. The van der Waals surface area contributed by atoms with Gasteiger partial charge in [-0.3, -0.25) is 4.79 Å². The van der Waals surface area contributed by atoms with Gasteiger partial charge in [0.25, 0.3) is 0 Å². The van der Waals surface area contributed by atoms with Crippen molar-refractivity contribution in [1.29, 1.82) is 0 Å². The summed E-state index contributed by atoms with van der Waals surface area (Å²) in [7, 11) is 1.51. The lowest BCUT2D eigenvalue weighted by Crippen LogP contribution is -2.53. The highest BCUT2D eigenvalue weighted by atomic mass is 16.5. The number of rotatable bonds is 5. The number of carbonyl (C=O) groups is 1. The summed E-state index contributed by atoms with van der Waals surface area (Å²) in [5.41, 5.74) is 0. The van der Waals surface area contributed by atoms with Crippen LogP contribution in [0.2, 0.25) is 0 Å². The number of ether oxygens (including phenoxy) is 1. The fraction of sp³-hybridized carbons (Fsp3) is 0.933. The molecule has 4 heteroatoms. The van der Waals surface area contributed by atoms with E-state index < -0.39 is 0 Å². The predicted octanol–water partition coefficient (Wildman–Crippen LogP) is 1.40. The smallest absolute Gasteiger partial charge is 0.310 e. The molecular formula is C15H26N2O2. The van der Waals surface area contributed by atoms with Gasteiger partial charge in [-0.05, 0) is 38.0 Å². The van der Waals surface area contributed by atoms with Crippen LogP contribution in [0, 0.1) is 11.8 Å². The van der Waals surface area contributed by atoms with E-state index in [2.05, 4.69) is 10.2 Å². The van der Waals surface area contributed by atoms with Gasteiger partial charge in [0.05, 0.1) is 13.0 Å². The first kappa shape index (κ1) is 13.4. The van der Waals surface area contributed by atoms with Crippen molar-refractivity contribution >= 4 is 5.97 Å². The molecule has 2 atom stereocenters. The number of carbonyl (C=O) groups excluding carboxylic acids is 1. The first-order valence-electron chi connectivity index (χ1n) is 7.81. The maximum absolute atomic E-state index is 11.9. The molecule has 0 aromatic heterocycles. The summed E-state index contributed by atoms with van der Waals surface area (Å²) in [4.78, 5) is 14.3. The summed E-state index contributed by atoms with van der Waals surface area (Å²) >= 11 is 0. The van der Waals surface area contributed by atoms with Gasteiger partial charge in [0.2, 0.25) is 0 Å². The monoisotopic (exact) mass is 266 g/mol. The van der Waals surface area contributed by atoms with Gasteiger partial charge in [-0.15, -0.1) is 0 Å². The molecule has 3 fully saturated rings. The Kier molecular flexibility index (Phi) is 4.08. The van der Waals surface area contributed by atoms with Gasteiger partial charge in [0, 0.05) is 31.7 Å². The van der Waals surface area contributed by atoms with Crippen LogP contribution >= 0.6 is 0 Å². The van der Waals surface area contributed by atoms with Gasteiger partial charge in [0.15, 0.2) is 0 Å². The van der Waals surface area contributed by atoms with Gasteiger partial charge in [-0.25, -0.2) is 0 Å². The number of methoxy groups -OCH3 is 1. The zero-order valence-electron chi connectivity index (χ0n) is 11.9. The zero-order chi connectivity index (χ0) is 13.2. The Balaban J connectivity index is 1.56. The highest BCUT2D eigenvalue weighted by Crippen LogP contribution is 2.30. The lowest BCUT2D eigenvalue weighted by atomic mass is 9.84. The van der Waals surface area contributed by atoms with E-state index >= 15 is 0 Å². The number of hydrogen-bond donors (Lipinski definition) is 1. The molecule has 0 amide bonds. The predicted molar refractivity (Wildman–Crippen MR) is 73.8 cm³/mol. The average molecular weight is 266 g/mol. The third kappa shape index (κ3) is 3.48. The fourth-order valence-corrected chi connectivity index (χ4v) is 3.42. The Morgan fingerprint density at radius 1 is 1.21 bits per heavy atom. The first-order valence-corrected chi connectivity index (χ1v) is 7.81. The molecule has 0 aromatic carbocycles. The third-order valence-electron chi connectivity index (χ3n) is 4.85. The van der Waals surface area contributed by atoms with E-state index in [0.717, 1.165) is 25.4 Å². The molecule has 108 valence electrons. The van der Waals surface area contributed by atoms with Crippen LogP contribution in [0.3, 0.4) is 0 Å². The maximum Gasteiger partial charge on any atom is 0.310 e. The molecule has 2 aliphatic carbocycles. The van der Waals surface area contributed by atoms with Gasteiger partial charge >= 0.3 is 5.97 Å². The summed E-state index contributed by atoms with van der Waals surface area (Å²) in [6, 6.07) is 1.19. The number of piperidine rings is 1. The van der Waals surface area contributed by atoms with Gasteiger partial charge < -0.3 is 15.0 Å². The summed E-state index contributed by atoms with van der Waals surface area (Å²) in [5, 5.41) is 3.69. The van der Waals surface area contributed by atoms with Crippen molar-refractivity contribution in [3.8, 4) is 0 Å². The highest BCUT2D eigenvalue weighted by Gasteiger charge is 2.36. The van der Waals surface area contributed by atoms with Crippen molar-refractivity contribution in [2.45, 2.75) is 50.6 Å². The second kappa shape index (κ2) is 5.80. The molecule has 0 spiro atoms. The molecular weight excluding hydrogens is 240 g/mol. The van der Waals surface area contributed by atoms with Gasteiger partial charge in [-0.1, -0.05) is 6.42 Å². The number of nitrogens with zero attached hydrogens (tertiary/aromatic N) is 1. The minimum Gasteiger partial charge on any atom is -0.469 e. The summed E-state index contributed by atoms with van der Waals surface area (Å²) in [6.45, 7) is 3.18. The molecule has 4 nitrogen and oxygen atoms in total. The van der Waals surface area contributed by atoms with Crippen molar-refractivity contribution in [2.24, 2.45) is 11.8 Å². The van der Waals surface area contributed by atoms with Crippen LogP contribution in [0.25, 0.3) is 0 Å². The van der Waals surface area contributed by atoms with E-state index in [4.69, 9.17) is 4.74 Å². The summed E-state index contributed by atoms with van der Waals surface area (Å²) < 4.78 is 4.96. The van der Waals surface area contributed by atoms with Crippen molar-refractivity contribution in [3.63, 3.8) is 0 Å². The molecule has 1 aliphatic heterocycles. The second-order valence-electron chi connectivity index (χ2n) is 6.61. The standard InChI is InChI=1S/C15H26N2O2/c1-19-15(18)12-7-14(16-13-5-6-13)10-17(9-12)8-11-3-2-4-11/h11-14,16H,2-10H2,1H3. The molecule has 1 N–H and O–H groups in total. The van der Waals surface area contributed by atoms with E-state index in [9.17, 15) is 4.79 Å². The minimum absolute atomic E-state index is 0.0269. The number of likely N-dealkylation sites (tertiary alicyclic amines) is 1. The molecule has 0 radical (unpaired) electrons. The Morgan fingerprint density at radius 2 is 2.00 bits per heavy atom. The van der Waals surface area contributed by atoms with Crippen LogP contribution in [0.4, 0.5) is 0 Å². The Labute approximate surface area is 115 Å². The fourth-order valence-electron chi connectivity index (χ4n) is 3.42. The quantitative estimate of drug-likeness (QED) is 0.764.